The second kappa shape index (κ2) is 23.5. The topological polar surface area (TPSA) is 40.6 Å². The summed E-state index contributed by atoms with van der Waals surface area (Å²) in [5.74, 6) is -0.194. The van der Waals surface area contributed by atoms with Gasteiger partial charge in [0, 0.05) is 43.3 Å². The monoisotopic (exact) mass is 1120 g/mol. The van der Waals surface area contributed by atoms with Crippen LogP contribution in [0.2, 0.25) is 0 Å². The van der Waals surface area contributed by atoms with Crippen LogP contribution in [0, 0.1) is 0 Å². The average Bonchev–Trinajstić information content (AvgIpc) is 4.09. The van der Waals surface area contributed by atoms with Crippen LogP contribution in [0.4, 0.5) is 0 Å². The van der Waals surface area contributed by atoms with Gasteiger partial charge in [-0.25, -0.2) is 0 Å². The zero-order chi connectivity index (χ0) is 51.4. The molecule has 10 rings (SSSR count). The highest BCUT2D eigenvalue weighted by Gasteiger charge is 2.52. The third kappa shape index (κ3) is 9.77. The van der Waals surface area contributed by atoms with Crippen LogP contribution >= 0.6 is 31.9 Å². The molecule has 0 aromatic heterocycles. The number of rotatable bonds is 28. The van der Waals surface area contributed by atoms with Gasteiger partial charge in [0.25, 0.3) is 11.8 Å². The molecule has 4 aliphatic heterocycles. The summed E-state index contributed by atoms with van der Waals surface area (Å²) in [5, 5.41) is 0. The van der Waals surface area contributed by atoms with Gasteiger partial charge in [-0.3, -0.25) is 19.4 Å². The van der Waals surface area contributed by atoms with Crippen LogP contribution in [0.1, 0.15) is 252 Å². The van der Waals surface area contributed by atoms with E-state index in [0.29, 0.717) is 11.1 Å². The van der Waals surface area contributed by atoms with Crippen molar-refractivity contribution in [3.63, 3.8) is 0 Å². The molecule has 4 aromatic rings. The number of benzene rings is 4. The Labute approximate surface area is 461 Å². The van der Waals surface area contributed by atoms with E-state index in [9.17, 15) is 0 Å². The molecule has 0 radical (unpaired) electrons. The van der Waals surface area contributed by atoms with Crippen molar-refractivity contribution in [1.82, 2.24) is 9.80 Å². The average molecular weight is 1120 g/mol. The molecule has 390 valence electrons. The first-order chi connectivity index (χ1) is 36.2. The van der Waals surface area contributed by atoms with Gasteiger partial charge >= 0.3 is 0 Å². The first kappa shape index (κ1) is 53.2. The van der Waals surface area contributed by atoms with Crippen molar-refractivity contribution in [3.8, 4) is 22.3 Å². The molecular formula is C68H82Br2N2O2. The molecule has 4 heterocycles. The third-order valence-electron chi connectivity index (χ3n) is 18.2. The number of hydrogen-bond acceptors (Lipinski definition) is 2. The highest BCUT2D eigenvalue weighted by molar-refractivity contribution is 9.10. The minimum Gasteiger partial charge on any atom is -0.282 e. The lowest BCUT2D eigenvalue weighted by atomic mass is 9.70. The van der Waals surface area contributed by atoms with E-state index < -0.39 is 0 Å². The quantitative estimate of drug-likeness (QED) is 0.0532. The predicted molar refractivity (Wildman–Crippen MR) is 318 cm³/mol. The summed E-state index contributed by atoms with van der Waals surface area (Å²) < 4.78 is 2.26. The summed E-state index contributed by atoms with van der Waals surface area (Å²) in [4.78, 5) is 34.4. The third-order valence-corrected chi connectivity index (χ3v) is 19.2. The van der Waals surface area contributed by atoms with Crippen molar-refractivity contribution < 1.29 is 9.59 Å². The van der Waals surface area contributed by atoms with E-state index in [-0.39, 0.29) is 22.6 Å². The number of halogens is 2. The molecule has 2 aliphatic carbocycles. The van der Waals surface area contributed by atoms with Gasteiger partial charge in [0.05, 0.1) is 22.5 Å². The van der Waals surface area contributed by atoms with Crippen LogP contribution < -0.4 is 0 Å². The standard InChI is InChI=1S/C68H82Br2N2O2/c1-5-9-13-17-21-25-35-67(36-26-22-18-14-10-6-2)57-43-49(69)29-31-51(57)55-41-47-33-39-71-63(53(47)45-59(55)67)61-62(66(71)74)64-54-46-60-56(42-48(54)34-40-72(64)65(61)73)52-32-30-50(70)44-58(52)68(60,37-27-23-19-15-11-7-3)38-28-24-20-16-12-8-4/h29-34,39-46H,5-28,35-38H2,1-4H3. The maximum absolute atomic E-state index is 15.4. The number of carbonyl (C=O) groups is 2. The van der Waals surface area contributed by atoms with Crippen LogP contribution in [-0.2, 0) is 20.4 Å². The fourth-order valence-corrected chi connectivity index (χ4v) is 15.1. The van der Waals surface area contributed by atoms with Gasteiger partial charge in [0.15, 0.2) is 0 Å². The van der Waals surface area contributed by atoms with Gasteiger partial charge in [0.1, 0.15) is 0 Å². The highest BCUT2D eigenvalue weighted by Crippen LogP contribution is 2.60. The minimum atomic E-state index is -0.149. The summed E-state index contributed by atoms with van der Waals surface area (Å²) in [6, 6.07) is 23.6. The van der Waals surface area contributed by atoms with Gasteiger partial charge in [-0.05, 0) is 142 Å². The van der Waals surface area contributed by atoms with Crippen molar-refractivity contribution in [2.75, 3.05) is 0 Å². The van der Waals surface area contributed by atoms with Crippen molar-refractivity contribution in [3.05, 3.63) is 138 Å². The number of unbranched alkanes of at least 4 members (excludes halogenated alkanes) is 20. The molecule has 0 atom stereocenters. The lowest BCUT2D eigenvalue weighted by molar-refractivity contribution is -0.122. The fourth-order valence-electron chi connectivity index (χ4n) is 14.4. The molecule has 0 spiro atoms. The van der Waals surface area contributed by atoms with E-state index in [0.717, 1.165) is 68.3 Å². The molecule has 2 amide bonds. The van der Waals surface area contributed by atoms with Crippen molar-refractivity contribution in [1.29, 1.82) is 0 Å². The van der Waals surface area contributed by atoms with Crippen molar-refractivity contribution >= 4 is 67.2 Å². The minimum absolute atomic E-state index is 0.0970. The molecule has 0 bridgehead atoms. The molecule has 4 aromatic carbocycles. The number of nitrogens with zero attached hydrogens (tertiary/aromatic N) is 2. The van der Waals surface area contributed by atoms with Gasteiger partial charge in [0.2, 0.25) is 0 Å². The Kier molecular flexibility index (Phi) is 16.9. The second-order valence-corrected chi connectivity index (χ2v) is 24.8. The van der Waals surface area contributed by atoms with E-state index in [4.69, 9.17) is 0 Å². The van der Waals surface area contributed by atoms with Crippen LogP contribution in [-0.4, -0.2) is 21.6 Å². The number of carbonyl (C=O) groups excluding carboxylic acids is 2. The maximum atomic E-state index is 15.4. The van der Waals surface area contributed by atoms with E-state index in [1.54, 1.807) is 0 Å². The number of hydrogen-bond donors (Lipinski definition) is 0. The van der Waals surface area contributed by atoms with E-state index >= 15 is 9.59 Å². The normalized spacial score (nSPS) is 16.7. The summed E-state index contributed by atoms with van der Waals surface area (Å²) in [7, 11) is 0. The summed E-state index contributed by atoms with van der Waals surface area (Å²) >= 11 is 7.86. The lowest BCUT2D eigenvalue weighted by Gasteiger charge is -2.34. The van der Waals surface area contributed by atoms with Gasteiger partial charge in [-0.2, -0.15) is 0 Å². The van der Waals surface area contributed by atoms with E-state index in [2.05, 4.69) is 132 Å². The molecule has 74 heavy (non-hydrogen) atoms. The molecule has 0 N–H and O–H groups in total. The van der Waals surface area contributed by atoms with Crippen molar-refractivity contribution in [2.24, 2.45) is 0 Å². The maximum Gasteiger partial charge on any atom is 0.265 e. The summed E-state index contributed by atoms with van der Waals surface area (Å²) in [6.07, 6.45) is 42.8. The Bertz CT molecular complexity index is 2670. The van der Waals surface area contributed by atoms with Gasteiger partial charge in [-0.15, -0.1) is 0 Å². The van der Waals surface area contributed by atoms with E-state index in [1.807, 2.05) is 22.2 Å². The van der Waals surface area contributed by atoms with Crippen LogP contribution in [0.5, 0.6) is 0 Å². The largest absolute Gasteiger partial charge is 0.282 e. The number of fused-ring (bicyclic) bond motifs is 13. The Morgan fingerprint density at radius 3 is 1.01 bits per heavy atom. The Hall–Kier alpha value is -4.26. The molecule has 0 saturated carbocycles. The Morgan fingerprint density at radius 2 is 0.676 bits per heavy atom. The molecule has 6 aliphatic rings. The predicted octanol–water partition coefficient (Wildman–Crippen LogP) is 20.5. The Morgan fingerprint density at radius 1 is 0.365 bits per heavy atom. The molecular weight excluding hydrogens is 1040 g/mol. The summed E-state index contributed by atoms with van der Waals surface area (Å²) in [6.45, 7) is 9.20. The molecule has 0 unspecified atom stereocenters. The fraction of sp³-hybridized carbons (Fsp3) is 0.500. The van der Waals surface area contributed by atoms with Gasteiger partial charge in [-0.1, -0.05) is 226 Å². The SMILES string of the molecule is CCCCCCCCC1(CCCCCCCC)c2cc(Br)ccc2-c2cc3c(cc21)C1=C2C(=O)N4C=Cc5cc6c(cc5C4=C2C(=O)N1C=C3)C(CCCCCCCC)(CCCCCCCC)c1cc(Br)ccc1-6. The first-order valence-electron chi connectivity index (χ1n) is 29.7. The second-order valence-electron chi connectivity index (χ2n) is 23.0. The zero-order valence-corrected chi connectivity index (χ0v) is 48.5. The van der Waals surface area contributed by atoms with Crippen LogP contribution in [0.3, 0.4) is 0 Å². The zero-order valence-electron chi connectivity index (χ0n) is 45.3. The van der Waals surface area contributed by atoms with Crippen LogP contribution in [0.15, 0.2) is 93.2 Å². The van der Waals surface area contributed by atoms with E-state index in [1.165, 1.54) is 199 Å². The smallest absolute Gasteiger partial charge is 0.265 e. The number of amides is 2. The molecule has 0 saturated heterocycles. The van der Waals surface area contributed by atoms with Gasteiger partial charge < -0.3 is 0 Å². The van der Waals surface area contributed by atoms with Crippen molar-refractivity contribution in [2.45, 2.75) is 218 Å². The molecule has 4 nitrogen and oxygen atoms in total. The Balaban J connectivity index is 1.08. The summed E-state index contributed by atoms with van der Waals surface area (Å²) in [5.41, 5.74) is 17.5. The highest BCUT2D eigenvalue weighted by atomic mass is 79.9. The lowest BCUT2D eigenvalue weighted by Crippen LogP contribution is -2.28. The molecule has 0 fully saturated rings. The van der Waals surface area contributed by atoms with Crippen LogP contribution in [0.25, 0.3) is 45.8 Å². The first-order valence-corrected chi connectivity index (χ1v) is 31.3. The molecule has 6 heteroatoms.